The predicted octanol–water partition coefficient (Wildman–Crippen LogP) is 5.01. The molecule has 0 radical (unpaired) electrons. The molecule has 314 valence electrons. The predicted molar refractivity (Wildman–Crippen MR) is 224 cm³/mol. The maximum absolute atomic E-state index is 13.2. The van der Waals surface area contributed by atoms with Crippen LogP contribution < -0.4 is 27.0 Å². The van der Waals surface area contributed by atoms with Crippen molar-refractivity contribution < 1.29 is 28.5 Å². The van der Waals surface area contributed by atoms with E-state index in [0.29, 0.717) is 65.1 Å². The lowest BCUT2D eigenvalue weighted by atomic mass is 9.93. The molecule has 0 bridgehead atoms. The molecule has 0 aliphatic carbocycles. The van der Waals surface area contributed by atoms with Gasteiger partial charge in [0.15, 0.2) is 5.82 Å². The number of piperidine rings is 1. The standard InChI is InChI=1S/C42H45N13O6/c1-42(2,3)32-19-33(51-61-32)48-41(60)46-25-12-10-24(11-13-25)28-21-53(38-36(28)37(43)44-23-45-38)17-5-4-7-26-20-54(52-50-26)18-16-35(57)47-30-9-6-8-27-29(30)22-55(40(27)59)31-14-15-34(56)49-39(31)58/h6,8-13,19-21,23,31H,4-5,7,14-18,22H2,1-3H3,(H,47,57)(H2,43,44,45)(H,49,56,58)(H2,46,48,51,60). The van der Waals surface area contributed by atoms with Crippen LogP contribution in [-0.2, 0) is 45.9 Å². The number of nitrogens with two attached hydrogens (primary N) is 1. The molecule has 1 unspecified atom stereocenters. The Morgan fingerprint density at radius 1 is 0.967 bits per heavy atom. The Morgan fingerprint density at radius 3 is 2.56 bits per heavy atom. The number of carbonyl (C=O) groups excluding carboxylic acids is 5. The molecule has 1 fully saturated rings. The van der Waals surface area contributed by atoms with Crippen molar-refractivity contribution in [3.05, 3.63) is 89.8 Å². The lowest BCUT2D eigenvalue weighted by Gasteiger charge is -2.29. The second-order valence-electron chi connectivity index (χ2n) is 16.1. The zero-order chi connectivity index (χ0) is 42.8. The number of benzene rings is 2. The molecule has 19 heteroatoms. The van der Waals surface area contributed by atoms with Crippen LogP contribution in [0.25, 0.3) is 22.2 Å². The zero-order valence-electron chi connectivity index (χ0n) is 33.9. The number of amides is 6. The van der Waals surface area contributed by atoms with Gasteiger partial charge in [-0.1, -0.05) is 49.3 Å². The smallest absolute Gasteiger partial charge is 0.324 e. The molecule has 1 saturated heterocycles. The number of hydrogen-bond acceptors (Lipinski definition) is 12. The van der Waals surface area contributed by atoms with Crippen LogP contribution in [0.2, 0.25) is 0 Å². The molecule has 0 saturated carbocycles. The molecule has 6 heterocycles. The van der Waals surface area contributed by atoms with E-state index >= 15 is 0 Å². The summed E-state index contributed by atoms with van der Waals surface area (Å²) in [5.41, 5.74) is 11.6. The Morgan fingerprint density at radius 2 is 1.79 bits per heavy atom. The number of anilines is 4. The number of carbonyl (C=O) groups is 5. The number of urea groups is 1. The van der Waals surface area contributed by atoms with Crippen molar-refractivity contribution in [2.24, 2.45) is 0 Å². The van der Waals surface area contributed by atoms with Crippen molar-refractivity contribution >= 4 is 63.7 Å². The van der Waals surface area contributed by atoms with Crippen LogP contribution in [-0.4, -0.2) is 75.3 Å². The molecular weight excluding hydrogens is 783 g/mol. The number of unbranched alkanes of at least 4 members (excludes halogenated alkanes) is 1. The van der Waals surface area contributed by atoms with Gasteiger partial charge >= 0.3 is 6.03 Å². The quantitative estimate of drug-likeness (QED) is 0.0761. The van der Waals surface area contributed by atoms with Crippen molar-refractivity contribution in [2.45, 2.75) is 90.4 Å². The number of fused-ring (bicyclic) bond motifs is 2. The minimum Gasteiger partial charge on any atom is -0.383 e. The summed E-state index contributed by atoms with van der Waals surface area (Å²) in [6.07, 6.45) is 8.16. The van der Waals surface area contributed by atoms with Crippen LogP contribution >= 0.6 is 0 Å². The summed E-state index contributed by atoms with van der Waals surface area (Å²) in [5.74, 6) is -0.0454. The fourth-order valence-electron chi connectivity index (χ4n) is 7.52. The third kappa shape index (κ3) is 8.80. The molecule has 6 aromatic rings. The van der Waals surface area contributed by atoms with Gasteiger partial charge in [0.1, 0.15) is 29.6 Å². The average molecular weight is 828 g/mol. The second kappa shape index (κ2) is 16.7. The van der Waals surface area contributed by atoms with E-state index in [-0.39, 0.29) is 48.9 Å². The summed E-state index contributed by atoms with van der Waals surface area (Å²) in [4.78, 5) is 73.1. The Kier molecular flexibility index (Phi) is 11.0. The SMILES string of the molecule is CC(C)(C)c1cc(NC(=O)Nc2ccc(-c3cn(CCCCc4cn(CCC(=O)Nc5cccc6c5CN(C5CCC(=O)NC5=O)C6=O)nn4)c4ncnc(N)c34)cc2)no1. The van der Waals surface area contributed by atoms with Crippen LogP contribution in [0.15, 0.2) is 71.8 Å². The molecule has 1 atom stereocenters. The highest BCUT2D eigenvalue weighted by molar-refractivity contribution is 6.07. The van der Waals surface area contributed by atoms with Gasteiger partial charge in [-0.2, -0.15) is 0 Å². The first-order valence-electron chi connectivity index (χ1n) is 20.0. The van der Waals surface area contributed by atoms with Crippen molar-refractivity contribution in [3.8, 4) is 11.1 Å². The summed E-state index contributed by atoms with van der Waals surface area (Å²) in [5, 5.41) is 23.9. The van der Waals surface area contributed by atoms with Gasteiger partial charge in [0.05, 0.1) is 17.6 Å². The summed E-state index contributed by atoms with van der Waals surface area (Å²) in [6.45, 7) is 7.12. The average Bonchev–Trinajstić information content (AvgIpc) is 4.03. The summed E-state index contributed by atoms with van der Waals surface area (Å²) >= 11 is 0. The van der Waals surface area contributed by atoms with E-state index in [1.807, 2.05) is 45.3 Å². The zero-order valence-corrected chi connectivity index (χ0v) is 33.9. The van der Waals surface area contributed by atoms with E-state index in [0.717, 1.165) is 35.0 Å². The van der Waals surface area contributed by atoms with E-state index in [1.54, 1.807) is 41.1 Å². The fourth-order valence-corrected chi connectivity index (χ4v) is 7.52. The van der Waals surface area contributed by atoms with Gasteiger partial charge in [-0.15, -0.1) is 5.10 Å². The van der Waals surface area contributed by atoms with Gasteiger partial charge in [-0.25, -0.2) is 14.8 Å². The first-order chi connectivity index (χ1) is 29.3. The molecule has 2 aromatic carbocycles. The number of aryl methyl sites for hydroxylation is 3. The topological polar surface area (TPSA) is 250 Å². The van der Waals surface area contributed by atoms with E-state index in [1.165, 1.54) is 11.2 Å². The van der Waals surface area contributed by atoms with E-state index in [4.69, 9.17) is 10.3 Å². The minimum absolute atomic E-state index is 0.127. The lowest BCUT2D eigenvalue weighted by molar-refractivity contribution is -0.137. The summed E-state index contributed by atoms with van der Waals surface area (Å²) in [7, 11) is 0. The number of nitrogens with one attached hydrogen (secondary N) is 4. The van der Waals surface area contributed by atoms with E-state index in [2.05, 4.69) is 51.3 Å². The van der Waals surface area contributed by atoms with Crippen LogP contribution in [0, 0.1) is 0 Å². The maximum atomic E-state index is 13.2. The first kappa shape index (κ1) is 40.3. The van der Waals surface area contributed by atoms with Gasteiger partial charge in [-0.05, 0) is 55.5 Å². The minimum atomic E-state index is -0.740. The number of nitrogens with zero attached hydrogens (tertiary/aromatic N) is 8. The normalized spacial score (nSPS) is 15.2. The fraction of sp³-hybridized carbons (Fsp3) is 0.333. The Balaban J connectivity index is 0.820. The third-order valence-electron chi connectivity index (χ3n) is 10.7. The van der Waals surface area contributed by atoms with Gasteiger partial charge in [0.25, 0.3) is 5.91 Å². The van der Waals surface area contributed by atoms with Gasteiger partial charge < -0.3 is 30.4 Å². The highest BCUT2D eigenvalue weighted by Crippen LogP contribution is 2.35. The molecule has 2 aliphatic heterocycles. The van der Waals surface area contributed by atoms with E-state index in [9.17, 15) is 24.0 Å². The molecule has 2 aliphatic rings. The first-order valence-corrected chi connectivity index (χ1v) is 20.0. The van der Waals surface area contributed by atoms with Crippen molar-refractivity contribution in [2.75, 3.05) is 21.7 Å². The van der Waals surface area contributed by atoms with Gasteiger partial charge in [0, 0.05) is 77.9 Å². The highest BCUT2D eigenvalue weighted by atomic mass is 16.5. The molecule has 0 spiro atoms. The molecule has 4 aromatic heterocycles. The molecule has 6 amide bonds. The Bertz CT molecular complexity index is 2660. The Hall–Kier alpha value is -7.44. The third-order valence-corrected chi connectivity index (χ3v) is 10.7. The second-order valence-corrected chi connectivity index (χ2v) is 16.1. The van der Waals surface area contributed by atoms with Crippen LogP contribution in [0.3, 0.4) is 0 Å². The largest absolute Gasteiger partial charge is 0.383 e. The number of imide groups is 1. The van der Waals surface area contributed by atoms with Crippen LogP contribution in [0.5, 0.6) is 0 Å². The molecular formula is C42H45N13O6. The van der Waals surface area contributed by atoms with Crippen molar-refractivity contribution in [1.29, 1.82) is 0 Å². The number of rotatable bonds is 13. The Labute approximate surface area is 349 Å². The molecule has 6 N–H and O–H groups in total. The number of nitrogen functional groups attached to an aromatic ring is 1. The van der Waals surface area contributed by atoms with Gasteiger partial charge in [0.2, 0.25) is 17.7 Å². The van der Waals surface area contributed by atoms with Crippen LogP contribution in [0.1, 0.15) is 80.3 Å². The summed E-state index contributed by atoms with van der Waals surface area (Å²) < 4.78 is 9.05. The lowest BCUT2D eigenvalue weighted by Crippen LogP contribution is -2.52. The van der Waals surface area contributed by atoms with Crippen molar-refractivity contribution in [3.63, 3.8) is 0 Å². The maximum Gasteiger partial charge on any atom is 0.324 e. The van der Waals surface area contributed by atoms with Crippen molar-refractivity contribution in [1.82, 2.24) is 44.9 Å². The molecule has 19 nitrogen and oxygen atoms in total. The monoisotopic (exact) mass is 827 g/mol. The van der Waals surface area contributed by atoms with Crippen LogP contribution in [0.4, 0.5) is 27.8 Å². The summed E-state index contributed by atoms with van der Waals surface area (Å²) in [6, 6.07) is 13.0. The molecule has 8 rings (SSSR count). The van der Waals surface area contributed by atoms with Gasteiger partial charge in [-0.3, -0.25) is 34.5 Å². The van der Waals surface area contributed by atoms with E-state index < -0.39 is 18.0 Å². The molecule has 61 heavy (non-hydrogen) atoms. The highest BCUT2D eigenvalue weighted by Gasteiger charge is 2.40. The number of hydrogen-bond donors (Lipinski definition) is 5. The number of aromatic nitrogens is 7.